The number of halogens is 1. The second kappa shape index (κ2) is 11.9. The molecule has 1 unspecified atom stereocenters. The fraction of sp³-hybridized carbons (Fsp3) is 0.375. The van der Waals surface area contributed by atoms with Gasteiger partial charge in [-0.3, -0.25) is 9.59 Å². The molecule has 2 aliphatic heterocycles. The molecule has 0 saturated carbocycles. The molecular formula is C32H35FN6O3. The molecule has 3 heterocycles. The van der Waals surface area contributed by atoms with Gasteiger partial charge in [-0.25, -0.2) is 9.07 Å². The summed E-state index contributed by atoms with van der Waals surface area (Å²) in [6.45, 7) is 1.32. The predicted molar refractivity (Wildman–Crippen MR) is 156 cm³/mol. The van der Waals surface area contributed by atoms with E-state index in [0.29, 0.717) is 38.0 Å². The highest BCUT2D eigenvalue weighted by Gasteiger charge is 2.43. The molecule has 4 aromatic rings. The standard InChI is InChI=1S/C32H35FN6O3/c1-38-29-12-9-21(14-27(29)36-37-38)17-35-31(40)30-15-22(13-20-7-10-24(42-2)11-8-20)19-39(30)32(41)28-16-23(18-34-28)25-5-3-4-6-26(25)33/h3-12,14,22-23,28,30,34H,13,15-19H2,1-2H3,(H,35,40)/t22-,23?,28-,30+/m1/s1. The normalized spacial score (nSPS) is 22.0. The van der Waals surface area contributed by atoms with Crippen LogP contribution in [-0.2, 0) is 29.6 Å². The number of hydrogen-bond donors (Lipinski definition) is 2. The van der Waals surface area contributed by atoms with Gasteiger partial charge >= 0.3 is 0 Å². The highest BCUT2D eigenvalue weighted by Crippen LogP contribution is 2.32. The number of hydrogen-bond acceptors (Lipinski definition) is 6. The van der Waals surface area contributed by atoms with Crippen molar-refractivity contribution in [2.75, 3.05) is 20.2 Å². The van der Waals surface area contributed by atoms with Crippen LogP contribution in [0.3, 0.4) is 0 Å². The van der Waals surface area contributed by atoms with Crippen molar-refractivity contribution in [2.24, 2.45) is 13.0 Å². The Kier molecular flexibility index (Phi) is 7.88. The van der Waals surface area contributed by atoms with Crippen LogP contribution in [0.2, 0.25) is 0 Å². The molecule has 2 fully saturated rings. The molecule has 2 N–H and O–H groups in total. The van der Waals surface area contributed by atoms with Crippen molar-refractivity contribution < 1.29 is 18.7 Å². The minimum Gasteiger partial charge on any atom is -0.497 e. The molecule has 0 spiro atoms. The molecule has 2 amide bonds. The van der Waals surface area contributed by atoms with Gasteiger partial charge in [-0.15, -0.1) is 5.10 Å². The van der Waals surface area contributed by atoms with Gasteiger partial charge in [0.05, 0.1) is 18.7 Å². The number of ether oxygens (including phenoxy) is 1. The molecule has 218 valence electrons. The third-order valence-electron chi connectivity index (χ3n) is 8.57. The lowest BCUT2D eigenvalue weighted by Crippen LogP contribution is -2.51. The summed E-state index contributed by atoms with van der Waals surface area (Å²) in [6, 6.07) is 19.4. The van der Waals surface area contributed by atoms with E-state index in [1.807, 2.05) is 55.6 Å². The quantitative estimate of drug-likeness (QED) is 0.337. The Morgan fingerprint density at radius 1 is 1.07 bits per heavy atom. The molecule has 3 aromatic carbocycles. The fourth-order valence-corrected chi connectivity index (χ4v) is 6.33. The van der Waals surface area contributed by atoms with Crippen LogP contribution in [0.25, 0.3) is 11.0 Å². The number of rotatable bonds is 8. The SMILES string of the molecule is COc1ccc(C[C@@H]2C[C@@H](C(=O)NCc3ccc4c(c3)nnn4C)N(C(=O)[C@H]3CC(c4ccccc4F)CN3)C2)cc1. The van der Waals surface area contributed by atoms with Crippen LogP contribution in [0, 0.1) is 11.7 Å². The molecule has 4 atom stereocenters. The Balaban J connectivity index is 1.17. The third kappa shape index (κ3) is 5.72. The van der Waals surface area contributed by atoms with Crippen LogP contribution in [0.1, 0.15) is 35.4 Å². The third-order valence-corrected chi connectivity index (χ3v) is 8.57. The molecule has 2 aliphatic rings. The Bertz CT molecular complexity index is 1590. The molecule has 0 aliphatic carbocycles. The van der Waals surface area contributed by atoms with Gasteiger partial charge in [0.15, 0.2) is 0 Å². The van der Waals surface area contributed by atoms with Gasteiger partial charge in [0, 0.05) is 32.6 Å². The molecule has 2 saturated heterocycles. The van der Waals surface area contributed by atoms with E-state index < -0.39 is 12.1 Å². The average Bonchev–Trinajstić information content (AvgIpc) is 3.75. The van der Waals surface area contributed by atoms with Crippen LogP contribution >= 0.6 is 0 Å². The van der Waals surface area contributed by atoms with E-state index in [4.69, 9.17) is 4.74 Å². The summed E-state index contributed by atoms with van der Waals surface area (Å²) in [4.78, 5) is 29.2. The number of methoxy groups -OCH3 is 1. The summed E-state index contributed by atoms with van der Waals surface area (Å²) in [5.74, 6) is 0.278. The number of aryl methyl sites for hydroxylation is 1. The first kappa shape index (κ1) is 27.8. The summed E-state index contributed by atoms with van der Waals surface area (Å²) >= 11 is 0. The van der Waals surface area contributed by atoms with E-state index >= 15 is 0 Å². The van der Waals surface area contributed by atoms with E-state index in [1.54, 1.807) is 28.8 Å². The largest absolute Gasteiger partial charge is 0.497 e. The minimum atomic E-state index is -0.588. The number of fused-ring (bicyclic) bond motifs is 1. The Labute approximate surface area is 244 Å². The first-order valence-electron chi connectivity index (χ1n) is 14.4. The van der Waals surface area contributed by atoms with Crippen molar-refractivity contribution in [3.8, 4) is 5.75 Å². The Morgan fingerprint density at radius 2 is 1.86 bits per heavy atom. The zero-order valence-corrected chi connectivity index (χ0v) is 23.8. The number of aromatic nitrogens is 3. The molecule has 42 heavy (non-hydrogen) atoms. The molecular weight excluding hydrogens is 535 g/mol. The highest BCUT2D eigenvalue weighted by atomic mass is 19.1. The van der Waals surface area contributed by atoms with E-state index in [0.717, 1.165) is 34.3 Å². The van der Waals surface area contributed by atoms with E-state index in [-0.39, 0.29) is 29.5 Å². The van der Waals surface area contributed by atoms with Crippen LogP contribution in [0.15, 0.2) is 66.7 Å². The molecule has 0 radical (unpaired) electrons. The van der Waals surface area contributed by atoms with Crippen molar-refractivity contribution in [3.05, 3.63) is 89.2 Å². The van der Waals surface area contributed by atoms with Gasteiger partial charge in [0.25, 0.3) is 0 Å². The van der Waals surface area contributed by atoms with Crippen molar-refractivity contribution >= 4 is 22.8 Å². The van der Waals surface area contributed by atoms with E-state index in [1.165, 1.54) is 6.07 Å². The lowest BCUT2D eigenvalue weighted by molar-refractivity contribution is -0.139. The summed E-state index contributed by atoms with van der Waals surface area (Å²) in [6.07, 6.45) is 1.80. The van der Waals surface area contributed by atoms with Crippen molar-refractivity contribution in [3.63, 3.8) is 0 Å². The number of likely N-dealkylation sites (tertiary alicyclic amines) is 1. The van der Waals surface area contributed by atoms with E-state index in [9.17, 15) is 14.0 Å². The molecule has 6 rings (SSSR count). The lowest BCUT2D eigenvalue weighted by Gasteiger charge is -2.27. The smallest absolute Gasteiger partial charge is 0.243 e. The molecule has 1 aromatic heterocycles. The lowest BCUT2D eigenvalue weighted by atomic mass is 9.95. The summed E-state index contributed by atoms with van der Waals surface area (Å²) < 4.78 is 21.5. The van der Waals surface area contributed by atoms with Gasteiger partial charge in [-0.2, -0.15) is 0 Å². The van der Waals surface area contributed by atoms with Gasteiger partial charge in [-0.05, 0) is 72.2 Å². The van der Waals surface area contributed by atoms with Gasteiger partial charge < -0.3 is 20.3 Å². The topological polar surface area (TPSA) is 101 Å². The van der Waals surface area contributed by atoms with Gasteiger partial charge in [0.1, 0.15) is 23.1 Å². The van der Waals surface area contributed by atoms with Gasteiger partial charge in [0.2, 0.25) is 11.8 Å². The van der Waals surface area contributed by atoms with Crippen molar-refractivity contribution in [1.82, 2.24) is 30.5 Å². The minimum absolute atomic E-state index is 0.0962. The maximum atomic E-state index is 14.5. The zero-order valence-electron chi connectivity index (χ0n) is 23.8. The number of carbonyl (C=O) groups excluding carboxylic acids is 2. The molecule has 9 nitrogen and oxygen atoms in total. The first-order chi connectivity index (χ1) is 20.4. The Morgan fingerprint density at radius 3 is 2.64 bits per heavy atom. The molecule has 10 heteroatoms. The van der Waals surface area contributed by atoms with Crippen LogP contribution < -0.4 is 15.4 Å². The monoisotopic (exact) mass is 570 g/mol. The number of nitrogens with one attached hydrogen (secondary N) is 2. The molecule has 0 bridgehead atoms. The summed E-state index contributed by atoms with van der Waals surface area (Å²) in [5, 5.41) is 14.6. The van der Waals surface area contributed by atoms with Crippen LogP contribution in [0.5, 0.6) is 5.75 Å². The second-order valence-corrected chi connectivity index (χ2v) is 11.3. The zero-order chi connectivity index (χ0) is 29.2. The van der Waals surface area contributed by atoms with Crippen molar-refractivity contribution in [2.45, 2.75) is 43.8 Å². The van der Waals surface area contributed by atoms with Crippen LogP contribution in [-0.4, -0.2) is 64.0 Å². The number of nitrogens with zero attached hydrogens (tertiary/aromatic N) is 4. The fourth-order valence-electron chi connectivity index (χ4n) is 6.33. The highest BCUT2D eigenvalue weighted by molar-refractivity contribution is 5.90. The second-order valence-electron chi connectivity index (χ2n) is 11.3. The maximum absolute atomic E-state index is 14.5. The van der Waals surface area contributed by atoms with E-state index in [2.05, 4.69) is 20.9 Å². The van der Waals surface area contributed by atoms with Gasteiger partial charge in [-0.1, -0.05) is 41.6 Å². The summed E-state index contributed by atoms with van der Waals surface area (Å²) in [7, 11) is 3.47. The average molecular weight is 571 g/mol. The predicted octanol–water partition coefficient (Wildman–Crippen LogP) is 3.34. The first-order valence-corrected chi connectivity index (χ1v) is 14.4. The summed E-state index contributed by atoms with van der Waals surface area (Å²) in [5.41, 5.74) is 4.33. The number of benzene rings is 3. The van der Waals surface area contributed by atoms with Crippen molar-refractivity contribution in [1.29, 1.82) is 0 Å². The number of carbonyl (C=O) groups is 2. The van der Waals surface area contributed by atoms with Crippen LogP contribution in [0.4, 0.5) is 4.39 Å². The Hall–Kier alpha value is -4.31. The maximum Gasteiger partial charge on any atom is 0.243 e. The number of amides is 2.